The predicted octanol–water partition coefficient (Wildman–Crippen LogP) is 5.09. The van der Waals surface area contributed by atoms with E-state index in [1.54, 1.807) is 30.3 Å². The summed E-state index contributed by atoms with van der Waals surface area (Å²) in [5.41, 5.74) is 4.53. The van der Waals surface area contributed by atoms with Crippen LogP contribution in [0.4, 0.5) is 0 Å². The first-order chi connectivity index (χ1) is 12.3. The Hall–Kier alpha value is -2.34. The lowest BCUT2D eigenvalue weighted by Gasteiger charge is -2.12. The summed E-state index contributed by atoms with van der Waals surface area (Å²) in [6.07, 6.45) is 0.681. The van der Waals surface area contributed by atoms with E-state index in [1.165, 1.54) is 11.6 Å². The van der Waals surface area contributed by atoms with Gasteiger partial charge in [0.05, 0.1) is 0 Å². The first-order valence-corrected chi connectivity index (χ1v) is 9.66. The van der Waals surface area contributed by atoms with Crippen LogP contribution in [0.1, 0.15) is 16.7 Å². The first kappa shape index (κ1) is 18.5. The van der Waals surface area contributed by atoms with Crippen LogP contribution in [0.25, 0.3) is 11.1 Å². The highest BCUT2D eigenvalue weighted by molar-refractivity contribution is 7.81. The summed E-state index contributed by atoms with van der Waals surface area (Å²) in [6.45, 7) is 2.03. The zero-order valence-electron chi connectivity index (χ0n) is 14.0. The normalized spacial score (nSPS) is 11.3. The molecule has 0 saturated carbocycles. The van der Waals surface area contributed by atoms with Crippen molar-refractivity contribution < 1.29 is 17.2 Å². The molecule has 0 aliphatic heterocycles. The van der Waals surface area contributed by atoms with Crippen molar-refractivity contribution in [2.24, 2.45) is 0 Å². The van der Waals surface area contributed by atoms with E-state index in [1.807, 2.05) is 25.1 Å². The molecule has 0 spiro atoms. The van der Waals surface area contributed by atoms with Crippen molar-refractivity contribution in [1.29, 1.82) is 0 Å². The minimum absolute atomic E-state index is 0.0439. The van der Waals surface area contributed by atoms with Gasteiger partial charge in [0.25, 0.3) is 0 Å². The van der Waals surface area contributed by atoms with Crippen molar-refractivity contribution in [3.05, 3.63) is 88.4 Å². The number of aryl methyl sites for hydroxylation is 1. The highest BCUT2D eigenvalue weighted by Crippen LogP contribution is 2.33. The molecule has 0 unspecified atom stereocenters. The molecule has 0 radical (unpaired) electrons. The molecule has 26 heavy (non-hydrogen) atoms. The lowest BCUT2D eigenvalue weighted by atomic mass is 9.98. The number of hydrogen-bond acceptors (Lipinski definition) is 3. The Morgan fingerprint density at radius 3 is 2.31 bits per heavy atom. The van der Waals surface area contributed by atoms with E-state index >= 15 is 0 Å². The van der Waals surface area contributed by atoms with Gasteiger partial charge < -0.3 is 4.18 Å². The molecule has 0 bridgehead atoms. The van der Waals surface area contributed by atoms with Crippen molar-refractivity contribution >= 4 is 22.0 Å². The summed E-state index contributed by atoms with van der Waals surface area (Å²) in [6, 6.07) is 20.3. The molecule has 134 valence electrons. The summed E-state index contributed by atoms with van der Waals surface area (Å²) >= 11 is 6.06. The van der Waals surface area contributed by atoms with Crippen molar-refractivity contribution in [2.45, 2.75) is 13.3 Å². The van der Waals surface area contributed by atoms with Crippen LogP contribution in [-0.4, -0.2) is 13.0 Å². The Morgan fingerprint density at radius 2 is 1.65 bits per heavy atom. The molecule has 6 heteroatoms. The monoisotopic (exact) mass is 388 g/mol. The summed E-state index contributed by atoms with van der Waals surface area (Å²) in [5, 5.41) is 0.518. The molecule has 3 rings (SSSR count). The topological polar surface area (TPSA) is 63.6 Å². The Kier molecular flexibility index (Phi) is 5.32. The van der Waals surface area contributed by atoms with Crippen LogP contribution in [0.15, 0.2) is 66.7 Å². The van der Waals surface area contributed by atoms with Crippen molar-refractivity contribution in [3.63, 3.8) is 0 Å². The number of hydrogen-bond donors (Lipinski definition) is 1. The van der Waals surface area contributed by atoms with Gasteiger partial charge in [0.15, 0.2) is 5.75 Å². The number of benzene rings is 3. The van der Waals surface area contributed by atoms with E-state index in [-0.39, 0.29) is 5.75 Å². The minimum Gasteiger partial charge on any atom is -0.361 e. The lowest BCUT2D eigenvalue weighted by Crippen LogP contribution is -2.07. The van der Waals surface area contributed by atoms with Gasteiger partial charge in [-0.05, 0) is 54.3 Å². The van der Waals surface area contributed by atoms with Crippen LogP contribution in [0.5, 0.6) is 5.75 Å². The van der Waals surface area contributed by atoms with Crippen LogP contribution >= 0.6 is 11.6 Å². The molecule has 0 aliphatic carbocycles. The molecule has 0 heterocycles. The Morgan fingerprint density at radius 1 is 0.962 bits per heavy atom. The molecule has 0 saturated heterocycles. The third-order valence-electron chi connectivity index (χ3n) is 3.90. The van der Waals surface area contributed by atoms with Gasteiger partial charge in [-0.1, -0.05) is 59.6 Å². The summed E-state index contributed by atoms with van der Waals surface area (Å²) in [4.78, 5) is 0. The van der Waals surface area contributed by atoms with Crippen LogP contribution in [0.3, 0.4) is 0 Å². The molecule has 3 aromatic carbocycles. The first-order valence-electron chi connectivity index (χ1n) is 7.91. The fourth-order valence-electron chi connectivity index (χ4n) is 2.70. The van der Waals surface area contributed by atoms with Gasteiger partial charge >= 0.3 is 10.4 Å². The van der Waals surface area contributed by atoms with Gasteiger partial charge in [0, 0.05) is 10.6 Å². The fraction of sp³-hybridized carbons (Fsp3) is 0.100. The summed E-state index contributed by atoms with van der Waals surface area (Å²) in [5.74, 6) is 0.0439. The zero-order valence-corrected chi connectivity index (χ0v) is 15.6. The van der Waals surface area contributed by atoms with Crippen LogP contribution < -0.4 is 4.18 Å². The van der Waals surface area contributed by atoms with Gasteiger partial charge in [0.1, 0.15) is 0 Å². The number of halogens is 1. The van der Waals surface area contributed by atoms with Crippen LogP contribution in [-0.2, 0) is 16.8 Å². The molecule has 4 nitrogen and oxygen atoms in total. The molecular weight excluding hydrogens is 372 g/mol. The third kappa shape index (κ3) is 4.85. The van der Waals surface area contributed by atoms with E-state index in [4.69, 9.17) is 20.3 Å². The summed E-state index contributed by atoms with van der Waals surface area (Å²) in [7, 11) is -4.63. The molecule has 0 amide bonds. The Bertz CT molecular complexity index is 1030. The minimum atomic E-state index is -4.63. The fourth-order valence-corrected chi connectivity index (χ4v) is 3.26. The second-order valence-corrected chi connectivity index (χ2v) is 7.47. The standard InChI is InChI=1S/C20H17ClO4S/c1-14-5-7-15(8-6-14)11-16-9-10-20(25-26(22,23)24)19(12-16)17-3-2-4-18(21)13-17/h2-10,12-13H,11H2,1H3,(H,22,23,24). The van der Waals surface area contributed by atoms with Crippen LogP contribution in [0, 0.1) is 6.92 Å². The maximum Gasteiger partial charge on any atom is 0.446 e. The van der Waals surface area contributed by atoms with Crippen molar-refractivity contribution in [1.82, 2.24) is 0 Å². The smallest absolute Gasteiger partial charge is 0.361 e. The molecule has 0 aliphatic rings. The van der Waals surface area contributed by atoms with E-state index in [0.29, 0.717) is 22.6 Å². The molecule has 0 atom stereocenters. The maximum absolute atomic E-state index is 11.2. The largest absolute Gasteiger partial charge is 0.446 e. The second-order valence-electron chi connectivity index (χ2n) is 6.01. The van der Waals surface area contributed by atoms with Gasteiger partial charge in [-0.2, -0.15) is 8.42 Å². The highest BCUT2D eigenvalue weighted by Gasteiger charge is 2.14. The van der Waals surface area contributed by atoms with Crippen molar-refractivity contribution in [3.8, 4) is 16.9 Å². The maximum atomic E-state index is 11.2. The average molecular weight is 389 g/mol. The quantitative estimate of drug-likeness (QED) is 0.618. The van der Waals surface area contributed by atoms with Gasteiger partial charge in [0.2, 0.25) is 0 Å². The third-order valence-corrected chi connectivity index (χ3v) is 4.53. The van der Waals surface area contributed by atoms with E-state index in [2.05, 4.69) is 12.1 Å². The Balaban J connectivity index is 2.03. The molecule has 1 N–H and O–H groups in total. The second kappa shape index (κ2) is 7.50. The van der Waals surface area contributed by atoms with Crippen molar-refractivity contribution in [2.75, 3.05) is 0 Å². The van der Waals surface area contributed by atoms with Gasteiger partial charge in [-0.25, -0.2) is 0 Å². The highest BCUT2D eigenvalue weighted by atomic mass is 35.5. The molecule has 0 fully saturated rings. The van der Waals surface area contributed by atoms with E-state index in [0.717, 1.165) is 11.1 Å². The SMILES string of the molecule is Cc1ccc(Cc2ccc(OS(=O)(=O)O)c(-c3cccc(Cl)c3)c2)cc1. The van der Waals surface area contributed by atoms with Crippen LogP contribution in [0.2, 0.25) is 5.02 Å². The van der Waals surface area contributed by atoms with E-state index < -0.39 is 10.4 Å². The van der Waals surface area contributed by atoms with Gasteiger partial charge in [-0.3, -0.25) is 4.55 Å². The van der Waals surface area contributed by atoms with E-state index in [9.17, 15) is 8.42 Å². The lowest BCUT2D eigenvalue weighted by molar-refractivity contribution is 0.387. The molecule has 0 aromatic heterocycles. The Labute approximate surface area is 158 Å². The average Bonchev–Trinajstić information content (AvgIpc) is 2.57. The zero-order chi connectivity index (χ0) is 18.7. The van der Waals surface area contributed by atoms with Gasteiger partial charge in [-0.15, -0.1) is 0 Å². The number of rotatable bonds is 5. The predicted molar refractivity (Wildman–Crippen MR) is 103 cm³/mol. The molecular formula is C20H17ClO4S. The summed E-state index contributed by atoms with van der Waals surface area (Å²) < 4.78 is 36.1. The molecule has 3 aromatic rings.